The SMILES string of the molecule is CCCCCCCCOc1cccc([I+]c2ccccc2)c1.[F][Sb-]([F])([F])([F])([F])[F]. The molecule has 166 valence electrons. The number of halogens is 7. The van der Waals surface area contributed by atoms with E-state index in [1.165, 1.54) is 45.7 Å². The molecule has 0 saturated carbocycles. The molecule has 1 nitrogen and oxygen atoms in total. The van der Waals surface area contributed by atoms with E-state index in [1.54, 1.807) is 0 Å². The number of benzene rings is 2. The van der Waals surface area contributed by atoms with Gasteiger partial charge in [-0.15, -0.1) is 0 Å². The van der Waals surface area contributed by atoms with E-state index in [1.807, 2.05) is 0 Å². The molecule has 0 unspecified atom stereocenters. The van der Waals surface area contributed by atoms with Crippen molar-refractivity contribution in [2.24, 2.45) is 0 Å². The summed E-state index contributed by atoms with van der Waals surface area (Å²) in [4.78, 5) is 0. The second kappa shape index (κ2) is 11.1. The van der Waals surface area contributed by atoms with Crippen LogP contribution in [0.2, 0.25) is 0 Å². The van der Waals surface area contributed by atoms with Gasteiger partial charge in [0.1, 0.15) is 5.75 Å². The molecule has 0 bridgehead atoms. The molecule has 0 aliphatic carbocycles. The summed E-state index contributed by atoms with van der Waals surface area (Å²) in [5, 5.41) is 0. The van der Waals surface area contributed by atoms with Crippen molar-refractivity contribution in [2.45, 2.75) is 45.4 Å². The van der Waals surface area contributed by atoms with Crippen LogP contribution >= 0.6 is 0 Å². The van der Waals surface area contributed by atoms with Crippen LogP contribution in [0.5, 0.6) is 5.75 Å². The van der Waals surface area contributed by atoms with Crippen LogP contribution in [-0.4, -0.2) is 26.1 Å². The van der Waals surface area contributed by atoms with Crippen molar-refractivity contribution in [3.8, 4) is 5.75 Å². The number of rotatable bonds is 10. The van der Waals surface area contributed by atoms with Crippen LogP contribution in [-0.2, 0) is 0 Å². The molecular weight excluding hydrogens is 619 g/mol. The predicted molar refractivity (Wildman–Crippen MR) is 102 cm³/mol. The maximum absolute atomic E-state index is 11.2. The summed E-state index contributed by atoms with van der Waals surface area (Å²) in [5.74, 6) is 1.03. The minimum atomic E-state index is -11.2. The Morgan fingerprint density at radius 2 is 1.28 bits per heavy atom. The second-order valence-corrected chi connectivity index (χ2v) is 14.9. The first kappa shape index (κ1) is 26.4. The summed E-state index contributed by atoms with van der Waals surface area (Å²) in [7, 11) is 0. The molecule has 2 aromatic rings. The molecule has 0 amide bonds. The standard InChI is InChI=1S/C20H26IO.6FH.Sb/c1-2-3-4-5-6-10-16-22-20-15-11-14-19(17-20)21-18-12-8-7-9-13-18;;;;;;;/h7-9,11-15,17H,2-6,10,16H2,1H3;6*1H;/q+1;;;;;;;+5/p-6. The third-order valence-electron chi connectivity index (χ3n) is 3.51. The molecule has 9 heteroatoms. The molecule has 0 fully saturated rings. The Bertz CT molecular complexity index is 711. The van der Waals surface area contributed by atoms with Crippen molar-refractivity contribution in [1.82, 2.24) is 0 Å². The van der Waals surface area contributed by atoms with Gasteiger partial charge >= 0.3 is 57.6 Å². The molecule has 29 heavy (non-hydrogen) atoms. The molecule has 0 spiro atoms. The molecule has 2 aromatic carbocycles. The molecular formula is C20H26F6IOSb. The van der Waals surface area contributed by atoms with E-state index >= 15 is 0 Å². The summed E-state index contributed by atoms with van der Waals surface area (Å²) in [6.07, 6.45) is 7.85. The third-order valence-corrected chi connectivity index (χ3v) is 6.15. The van der Waals surface area contributed by atoms with Crippen molar-refractivity contribution in [1.29, 1.82) is 0 Å². The van der Waals surface area contributed by atoms with E-state index in [0.717, 1.165) is 12.4 Å². The van der Waals surface area contributed by atoms with Crippen LogP contribution in [0.25, 0.3) is 0 Å². The third kappa shape index (κ3) is 19.1. The fourth-order valence-corrected chi connectivity index (χ4v) is 4.64. The molecule has 0 saturated heterocycles. The zero-order valence-corrected chi connectivity index (χ0v) is 20.9. The summed E-state index contributed by atoms with van der Waals surface area (Å²) in [6.45, 7) is 3.10. The monoisotopic (exact) mass is 644 g/mol. The Morgan fingerprint density at radius 3 is 1.90 bits per heavy atom. The van der Waals surface area contributed by atoms with Gasteiger partial charge in [0.2, 0.25) is 0 Å². The van der Waals surface area contributed by atoms with E-state index in [-0.39, 0.29) is 21.2 Å². The Hall–Kier alpha value is -0.632. The average molecular weight is 645 g/mol. The van der Waals surface area contributed by atoms with Gasteiger partial charge in [-0.05, 0) is 30.7 Å². The zero-order chi connectivity index (χ0) is 21.9. The van der Waals surface area contributed by atoms with Crippen molar-refractivity contribution in [3.05, 3.63) is 61.7 Å². The quantitative estimate of drug-likeness (QED) is 0.158. The van der Waals surface area contributed by atoms with E-state index in [4.69, 9.17) is 4.74 Å². The normalized spacial score (nSPS) is 13.6. The van der Waals surface area contributed by atoms with Gasteiger partial charge in [0.25, 0.3) is 0 Å². The summed E-state index contributed by atoms with van der Waals surface area (Å²) in [5.41, 5.74) is 0. The van der Waals surface area contributed by atoms with Crippen LogP contribution in [0.4, 0.5) is 16.9 Å². The summed E-state index contributed by atoms with van der Waals surface area (Å²) < 4.78 is 68.3. The van der Waals surface area contributed by atoms with Crippen molar-refractivity contribution >= 4 is 19.5 Å². The van der Waals surface area contributed by atoms with Gasteiger partial charge in [-0.2, -0.15) is 0 Å². The van der Waals surface area contributed by atoms with Crippen molar-refractivity contribution in [3.63, 3.8) is 0 Å². The van der Waals surface area contributed by atoms with Gasteiger partial charge in [0.15, 0.2) is 7.14 Å². The molecule has 0 aromatic heterocycles. The van der Waals surface area contributed by atoms with E-state index in [2.05, 4.69) is 61.5 Å². The number of hydrogen-bond acceptors (Lipinski definition) is 1. The van der Waals surface area contributed by atoms with Crippen LogP contribution < -0.4 is 25.9 Å². The van der Waals surface area contributed by atoms with Gasteiger partial charge in [-0.25, -0.2) is 0 Å². The van der Waals surface area contributed by atoms with Crippen LogP contribution in [0, 0.1) is 7.14 Å². The number of unbranched alkanes of at least 4 members (excludes halogenated alkanes) is 5. The van der Waals surface area contributed by atoms with Crippen LogP contribution in [0.3, 0.4) is 0 Å². The van der Waals surface area contributed by atoms with Gasteiger partial charge in [-0.3, -0.25) is 0 Å². The Morgan fingerprint density at radius 1 is 0.724 bits per heavy atom. The first-order valence-corrected chi connectivity index (χ1v) is 17.3. The molecule has 0 aliphatic heterocycles. The van der Waals surface area contributed by atoms with Gasteiger partial charge in [-0.1, -0.05) is 63.3 Å². The molecule has 0 aliphatic rings. The van der Waals surface area contributed by atoms with Gasteiger partial charge in [0, 0.05) is 6.07 Å². The maximum atomic E-state index is 9.93. The topological polar surface area (TPSA) is 9.23 Å². The Labute approximate surface area is 181 Å². The first-order chi connectivity index (χ1) is 13.3. The van der Waals surface area contributed by atoms with Crippen LogP contribution in [0.15, 0.2) is 54.6 Å². The van der Waals surface area contributed by atoms with Gasteiger partial charge < -0.3 is 4.74 Å². The summed E-state index contributed by atoms with van der Waals surface area (Å²) >= 11 is -11.3. The fraction of sp³-hybridized carbons (Fsp3) is 0.400. The van der Waals surface area contributed by atoms with E-state index in [9.17, 15) is 16.9 Å². The average Bonchev–Trinajstić information content (AvgIpc) is 2.59. The van der Waals surface area contributed by atoms with Crippen molar-refractivity contribution < 1.29 is 42.8 Å². The van der Waals surface area contributed by atoms with Gasteiger partial charge in [0.05, 0.1) is 6.61 Å². The molecule has 0 atom stereocenters. The molecule has 0 N–H and O–H groups in total. The Kier molecular flexibility index (Phi) is 10.1. The second-order valence-electron chi connectivity index (χ2n) is 6.42. The van der Waals surface area contributed by atoms with Crippen LogP contribution in [0.1, 0.15) is 45.4 Å². The number of ether oxygens (including phenoxy) is 1. The fourth-order valence-electron chi connectivity index (χ4n) is 2.29. The molecule has 2 rings (SSSR count). The number of hydrogen-bond donors (Lipinski definition) is 0. The van der Waals surface area contributed by atoms with E-state index in [0.29, 0.717) is 0 Å². The van der Waals surface area contributed by atoms with E-state index < -0.39 is 19.5 Å². The molecule has 0 heterocycles. The molecule has 0 radical (unpaired) electrons. The zero-order valence-electron chi connectivity index (χ0n) is 16.1. The summed E-state index contributed by atoms with van der Waals surface area (Å²) in [6, 6.07) is 19.4. The predicted octanol–water partition coefficient (Wildman–Crippen LogP) is 4.69. The first-order valence-electron chi connectivity index (χ1n) is 9.32. The minimum absolute atomic E-state index is 0.0982. The Balaban J connectivity index is 0.000000516. The van der Waals surface area contributed by atoms with Crippen molar-refractivity contribution in [2.75, 3.05) is 6.61 Å².